The number of hydrogen-bond donors (Lipinski definition) is 1. The zero-order chi connectivity index (χ0) is 10.0. The monoisotopic (exact) mass is 218 g/mol. The summed E-state index contributed by atoms with van der Waals surface area (Å²) in [6.45, 7) is 0. The lowest BCUT2D eigenvalue weighted by molar-refractivity contribution is 0.604. The molecule has 13 heavy (non-hydrogen) atoms. The number of benzene rings is 1. The van der Waals surface area contributed by atoms with E-state index in [1.807, 2.05) is 0 Å². The first-order chi connectivity index (χ1) is 6.07. The molecule has 2 nitrogen and oxygen atoms in total. The number of rotatable bonds is 1. The molecule has 0 aromatic heterocycles. The molecule has 2 N–H and O–H groups in total. The summed E-state index contributed by atoms with van der Waals surface area (Å²) in [6, 6.07) is 3.31. The molecule has 1 aromatic carbocycles. The molecule has 0 unspecified atom stereocenters. The quantitative estimate of drug-likeness (QED) is 0.738. The highest BCUT2D eigenvalue weighted by Gasteiger charge is 2.17. The Kier molecular flexibility index (Phi) is 3.10. The Morgan fingerprint density at radius 1 is 1.38 bits per heavy atom. The highest BCUT2D eigenvalue weighted by atomic mass is 35.5. The normalized spacial score (nSPS) is 12.2. The summed E-state index contributed by atoms with van der Waals surface area (Å²) in [4.78, 5) is 0. The first-order valence-corrected chi connectivity index (χ1v) is 4.12. The van der Waals surface area contributed by atoms with Gasteiger partial charge in [-0.25, -0.2) is 4.39 Å². The lowest BCUT2D eigenvalue weighted by Gasteiger charge is -2.07. The van der Waals surface area contributed by atoms with E-state index in [0.717, 1.165) is 0 Å². The molecule has 0 heterocycles. The highest BCUT2D eigenvalue weighted by Crippen LogP contribution is 2.28. The van der Waals surface area contributed by atoms with E-state index in [9.17, 15) is 4.39 Å². The Labute approximate surface area is 84.7 Å². The topological polar surface area (TPSA) is 49.8 Å². The molecule has 0 aliphatic rings. The molecular weight excluding hydrogens is 214 g/mol. The second-order valence-corrected chi connectivity index (χ2v) is 3.18. The van der Waals surface area contributed by atoms with E-state index in [0.29, 0.717) is 0 Å². The number of hydrogen-bond acceptors (Lipinski definition) is 2. The fourth-order valence-electron chi connectivity index (χ4n) is 0.892. The van der Waals surface area contributed by atoms with Gasteiger partial charge in [-0.15, -0.1) is 0 Å². The zero-order valence-electron chi connectivity index (χ0n) is 6.39. The van der Waals surface area contributed by atoms with E-state index in [4.69, 9.17) is 34.2 Å². The third-order valence-electron chi connectivity index (χ3n) is 1.53. The molecule has 1 atom stereocenters. The molecule has 68 valence electrons. The summed E-state index contributed by atoms with van der Waals surface area (Å²) in [7, 11) is 0. The maximum atomic E-state index is 13.3. The van der Waals surface area contributed by atoms with Gasteiger partial charge in [-0.1, -0.05) is 23.2 Å². The first-order valence-electron chi connectivity index (χ1n) is 3.36. The van der Waals surface area contributed by atoms with Crippen molar-refractivity contribution in [2.45, 2.75) is 6.04 Å². The van der Waals surface area contributed by atoms with Crippen LogP contribution in [-0.2, 0) is 0 Å². The lowest BCUT2D eigenvalue weighted by Crippen LogP contribution is -2.10. The van der Waals surface area contributed by atoms with Gasteiger partial charge in [0.15, 0.2) is 0 Å². The van der Waals surface area contributed by atoms with Crippen LogP contribution < -0.4 is 5.73 Å². The Morgan fingerprint density at radius 2 is 1.92 bits per heavy atom. The molecule has 1 aromatic rings. The van der Waals surface area contributed by atoms with E-state index < -0.39 is 11.9 Å². The molecule has 0 amide bonds. The Balaban J connectivity index is 3.35. The van der Waals surface area contributed by atoms with Gasteiger partial charge in [-0.05, 0) is 12.1 Å². The van der Waals surface area contributed by atoms with E-state index in [-0.39, 0.29) is 15.6 Å². The van der Waals surface area contributed by atoms with Crippen LogP contribution >= 0.6 is 23.2 Å². The molecule has 1 rings (SSSR count). The van der Waals surface area contributed by atoms with Crippen LogP contribution in [0.1, 0.15) is 11.6 Å². The van der Waals surface area contributed by atoms with E-state index >= 15 is 0 Å². The zero-order valence-corrected chi connectivity index (χ0v) is 7.90. The summed E-state index contributed by atoms with van der Waals surface area (Å²) in [5, 5.41) is 8.50. The molecule has 5 heteroatoms. The fraction of sp³-hybridized carbons (Fsp3) is 0.125. The van der Waals surface area contributed by atoms with Gasteiger partial charge in [0.25, 0.3) is 0 Å². The van der Waals surface area contributed by atoms with Gasteiger partial charge in [0.2, 0.25) is 0 Å². The van der Waals surface area contributed by atoms with Gasteiger partial charge < -0.3 is 5.73 Å². The molecule has 0 bridgehead atoms. The number of nitrogens with two attached hydrogens (primary N) is 1. The van der Waals surface area contributed by atoms with Crippen molar-refractivity contribution in [1.29, 1.82) is 5.26 Å². The summed E-state index contributed by atoms with van der Waals surface area (Å²) in [5.74, 6) is -0.733. The molecule has 0 aliphatic carbocycles. The standard InChI is InChI=1S/C8H5Cl2FN2/c9-4-1-2-5(10)8(11)7(4)6(13)3-12/h1-2,6H,13H2/t6-/m0/s1. The maximum Gasteiger partial charge on any atom is 0.149 e. The predicted octanol–water partition coefficient (Wildman–Crippen LogP) is 2.66. The predicted molar refractivity (Wildman–Crippen MR) is 49.0 cm³/mol. The van der Waals surface area contributed by atoms with E-state index in [1.165, 1.54) is 12.1 Å². The van der Waals surface area contributed by atoms with Crippen molar-refractivity contribution in [3.05, 3.63) is 33.6 Å². The summed E-state index contributed by atoms with van der Waals surface area (Å²) in [5.41, 5.74) is 5.26. The number of nitrogens with zero attached hydrogens (tertiary/aromatic N) is 1. The molecule has 0 aliphatic heterocycles. The molecule has 0 saturated heterocycles. The van der Waals surface area contributed by atoms with Gasteiger partial charge in [-0.2, -0.15) is 5.26 Å². The van der Waals surface area contributed by atoms with Crippen LogP contribution in [0.25, 0.3) is 0 Å². The van der Waals surface area contributed by atoms with Crippen LogP contribution in [0, 0.1) is 17.1 Å². The lowest BCUT2D eigenvalue weighted by atomic mass is 10.1. The van der Waals surface area contributed by atoms with E-state index in [2.05, 4.69) is 0 Å². The average Bonchev–Trinajstić information content (AvgIpc) is 2.12. The summed E-state index contributed by atoms with van der Waals surface area (Å²) < 4.78 is 13.3. The number of halogens is 3. The minimum absolute atomic E-state index is 0.0586. The van der Waals surface area contributed by atoms with Gasteiger partial charge in [0.05, 0.1) is 11.1 Å². The van der Waals surface area contributed by atoms with Crippen molar-refractivity contribution in [3.8, 4) is 6.07 Å². The average molecular weight is 219 g/mol. The summed E-state index contributed by atoms with van der Waals surface area (Å²) >= 11 is 11.1. The molecule has 0 saturated carbocycles. The van der Waals surface area contributed by atoms with Gasteiger partial charge >= 0.3 is 0 Å². The Bertz CT molecular complexity index is 373. The van der Waals surface area contributed by atoms with Gasteiger partial charge in [-0.3, -0.25) is 0 Å². The summed E-state index contributed by atoms with van der Waals surface area (Å²) in [6.07, 6.45) is 0. The van der Waals surface area contributed by atoms with Crippen LogP contribution in [0.5, 0.6) is 0 Å². The first kappa shape index (κ1) is 10.3. The van der Waals surface area contributed by atoms with Crippen LogP contribution in [0.3, 0.4) is 0 Å². The van der Waals surface area contributed by atoms with Crippen molar-refractivity contribution in [1.82, 2.24) is 0 Å². The Morgan fingerprint density at radius 3 is 2.46 bits per heavy atom. The molecule has 0 spiro atoms. The van der Waals surface area contributed by atoms with Gasteiger partial charge in [0.1, 0.15) is 11.9 Å². The second-order valence-electron chi connectivity index (χ2n) is 2.36. The van der Waals surface area contributed by atoms with Crippen LogP contribution in [0.15, 0.2) is 12.1 Å². The molecule has 0 radical (unpaired) electrons. The largest absolute Gasteiger partial charge is 0.312 e. The van der Waals surface area contributed by atoms with Gasteiger partial charge in [0, 0.05) is 10.6 Å². The van der Waals surface area contributed by atoms with E-state index in [1.54, 1.807) is 6.07 Å². The maximum absolute atomic E-state index is 13.3. The molecule has 0 fully saturated rings. The second kappa shape index (κ2) is 3.93. The van der Waals surface area contributed by atoms with Crippen molar-refractivity contribution >= 4 is 23.2 Å². The van der Waals surface area contributed by atoms with Crippen molar-refractivity contribution in [2.24, 2.45) is 5.73 Å². The molecular formula is C8H5Cl2FN2. The van der Waals surface area contributed by atoms with Crippen molar-refractivity contribution < 1.29 is 4.39 Å². The third kappa shape index (κ3) is 1.92. The number of nitriles is 1. The minimum atomic E-state index is -1.09. The van der Waals surface area contributed by atoms with Crippen LogP contribution in [-0.4, -0.2) is 0 Å². The van der Waals surface area contributed by atoms with Crippen LogP contribution in [0.4, 0.5) is 4.39 Å². The highest BCUT2D eigenvalue weighted by molar-refractivity contribution is 6.33. The smallest absolute Gasteiger partial charge is 0.149 e. The Hall–Kier alpha value is -0.820. The van der Waals surface area contributed by atoms with Crippen LogP contribution in [0.2, 0.25) is 10.0 Å². The third-order valence-corrected chi connectivity index (χ3v) is 2.15. The van der Waals surface area contributed by atoms with Crippen molar-refractivity contribution in [2.75, 3.05) is 0 Å². The fourth-order valence-corrected chi connectivity index (χ4v) is 1.32. The SMILES string of the molecule is N#C[C@H](N)c1c(Cl)ccc(Cl)c1F. The van der Waals surface area contributed by atoms with Crippen molar-refractivity contribution in [3.63, 3.8) is 0 Å². The minimum Gasteiger partial charge on any atom is -0.312 e.